The zero-order chi connectivity index (χ0) is 37.9. The van der Waals surface area contributed by atoms with Crippen molar-refractivity contribution in [3.8, 4) is 0 Å². The normalized spacial score (nSPS) is 47.8. The summed E-state index contributed by atoms with van der Waals surface area (Å²) in [6.45, 7) is -1.28. The van der Waals surface area contributed by atoms with E-state index in [0.29, 0.717) is 0 Å². The summed E-state index contributed by atoms with van der Waals surface area (Å²) in [5.41, 5.74) is 0. The fraction of sp³-hybridized carbons (Fsp3) is 0.929. The smallest absolute Gasteiger partial charge is 0.217 e. The molecule has 296 valence electrons. The van der Waals surface area contributed by atoms with Gasteiger partial charge in [-0.1, -0.05) is 0 Å². The van der Waals surface area contributed by atoms with E-state index >= 15 is 0 Å². The summed E-state index contributed by atoms with van der Waals surface area (Å²) in [6, 6.07) is -3.04. The molecule has 0 radical (unpaired) electrons. The Labute approximate surface area is 289 Å². The quantitative estimate of drug-likeness (QED) is 0.0881. The van der Waals surface area contributed by atoms with Gasteiger partial charge in [-0.15, -0.1) is 0 Å². The number of aliphatic hydroxyl groups is 12. The minimum Gasteiger partial charge on any atom is -0.394 e. The fourth-order valence-corrected chi connectivity index (χ4v) is 6.35. The van der Waals surface area contributed by atoms with Gasteiger partial charge in [0.1, 0.15) is 97.5 Å². The van der Waals surface area contributed by atoms with E-state index in [4.69, 9.17) is 33.2 Å². The van der Waals surface area contributed by atoms with Crippen molar-refractivity contribution in [1.82, 2.24) is 10.6 Å². The summed E-state index contributed by atoms with van der Waals surface area (Å²) in [4.78, 5) is 23.9. The SMILES string of the molecule is CC(=O)N[C@@H]1[C@@H](O)[C@H](O[C@@H]2O[C@H](CO)[C@@H](O[C@H]3O[C@H](CO)[C@@H](O)[C@H](O[C@@H]4O[C@H](CO)[C@@H](O)[C@H](O)[C@@H]4O)[C@@H]3O)[C@H](O)[C@H]2NC(C)=O)[C@@H](CO)O[C@H]1O. The zero-order valence-electron chi connectivity index (χ0n) is 27.4. The molecule has 4 aliphatic rings. The highest BCUT2D eigenvalue weighted by atomic mass is 16.8. The van der Waals surface area contributed by atoms with E-state index in [0.717, 1.165) is 13.8 Å². The Morgan fingerprint density at radius 2 is 0.882 bits per heavy atom. The predicted octanol–water partition coefficient (Wildman–Crippen LogP) is -9.46. The monoisotopic (exact) mass is 748 g/mol. The van der Waals surface area contributed by atoms with Gasteiger partial charge in [0.25, 0.3) is 0 Å². The molecule has 23 heteroatoms. The Morgan fingerprint density at radius 3 is 1.41 bits per heavy atom. The molecule has 0 aromatic heterocycles. The Kier molecular flexibility index (Phi) is 14.8. The molecule has 0 spiro atoms. The van der Waals surface area contributed by atoms with Crippen molar-refractivity contribution in [2.75, 3.05) is 26.4 Å². The van der Waals surface area contributed by atoms with Gasteiger partial charge in [-0.2, -0.15) is 0 Å². The third kappa shape index (κ3) is 9.11. The van der Waals surface area contributed by atoms with Gasteiger partial charge in [0, 0.05) is 13.8 Å². The number of hydrogen-bond acceptors (Lipinski definition) is 21. The molecular weight excluding hydrogens is 700 g/mol. The van der Waals surface area contributed by atoms with Gasteiger partial charge in [-0.25, -0.2) is 0 Å². The second kappa shape index (κ2) is 18.0. The Hall–Kier alpha value is -1.82. The van der Waals surface area contributed by atoms with Crippen LogP contribution in [0.4, 0.5) is 0 Å². The Morgan fingerprint density at radius 1 is 0.471 bits per heavy atom. The molecular formula is C28H48N2O21. The first-order chi connectivity index (χ1) is 24.1. The van der Waals surface area contributed by atoms with Crippen LogP contribution in [0.2, 0.25) is 0 Å². The summed E-state index contributed by atoms with van der Waals surface area (Å²) in [7, 11) is 0. The van der Waals surface area contributed by atoms with Crippen LogP contribution in [0, 0.1) is 0 Å². The van der Waals surface area contributed by atoms with Gasteiger partial charge in [0.05, 0.1) is 26.4 Å². The number of carbonyl (C=O) groups is 2. The number of carbonyl (C=O) groups excluding carboxylic acids is 2. The molecule has 0 aromatic rings. The summed E-state index contributed by atoms with van der Waals surface area (Å²) < 4.78 is 39.1. The molecule has 0 aromatic carbocycles. The third-order valence-electron chi connectivity index (χ3n) is 9.01. The molecule has 0 unspecified atom stereocenters. The van der Waals surface area contributed by atoms with Gasteiger partial charge < -0.3 is 105 Å². The number of rotatable bonds is 12. The maximum absolute atomic E-state index is 12.2. The Balaban J connectivity index is 1.56. The summed E-state index contributed by atoms with van der Waals surface area (Å²) >= 11 is 0. The van der Waals surface area contributed by atoms with E-state index in [1.165, 1.54) is 0 Å². The number of nitrogens with one attached hydrogen (secondary N) is 2. The molecule has 14 N–H and O–H groups in total. The van der Waals surface area contributed by atoms with Crippen molar-refractivity contribution in [3.05, 3.63) is 0 Å². The van der Waals surface area contributed by atoms with Crippen LogP contribution in [0.5, 0.6) is 0 Å². The minimum atomic E-state index is -2.04. The van der Waals surface area contributed by atoms with Crippen LogP contribution in [0.1, 0.15) is 13.8 Å². The summed E-state index contributed by atoms with van der Waals surface area (Å²) in [5.74, 6) is -1.40. The molecule has 4 heterocycles. The highest BCUT2D eigenvalue weighted by Crippen LogP contribution is 2.34. The lowest BCUT2D eigenvalue weighted by Gasteiger charge is -2.50. The van der Waals surface area contributed by atoms with Crippen LogP contribution >= 0.6 is 0 Å². The van der Waals surface area contributed by atoms with Crippen LogP contribution in [-0.2, 0) is 42.7 Å². The van der Waals surface area contributed by atoms with Gasteiger partial charge >= 0.3 is 0 Å². The lowest BCUT2D eigenvalue weighted by molar-refractivity contribution is -0.379. The standard InChI is InChI=1S/C28H48N2O21/c1-7(35)29-13-17(39)22(11(5-33)45-25(13)44)49-26-14(30-8(2)36)18(40)23(12(6-34)48-26)50-28-21(43)24(16(38)10(4-32)47-28)51-27-20(42)19(41)15(37)9(3-31)46-27/h9-28,31-34,37-44H,3-6H2,1-2H3,(H,29,35)(H,30,36)/t9-,10-,11-,12-,13-,14-,15-,16-,17-,18-,19+,20+,21+,22-,23-,24+,25-,26+,27+,28-/m1/s1. The van der Waals surface area contributed by atoms with Crippen LogP contribution in [0.25, 0.3) is 0 Å². The molecule has 20 atom stereocenters. The minimum absolute atomic E-state index is 0.660. The fourth-order valence-electron chi connectivity index (χ4n) is 6.35. The molecule has 4 aliphatic heterocycles. The Bertz CT molecular complexity index is 1140. The molecule has 4 rings (SSSR count). The van der Waals surface area contributed by atoms with E-state index < -0.39 is 161 Å². The second-order valence-corrected chi connectivity index (χ2v) is 12.6. The average Bonchev–Trinajstić information content (AvgIpc) is 3.09. The topological polar surface area (TPSA) is 366 Å². The number of ether oxygens (including phenoxy) is 7. The molecule has 4 fully saturated rings. The van der Waals surface area contributed by atoms with Gasteiger partial charge in [-0.3, -0.25) is 9.59 Å². The molecule has 4 saturated heterocycles. The van der Waals surface area contributed by atoms with E-state index in [9.17, 15) is 70.9 Å². The molecule has 0 aliphatic carbocycles. The first-order valence-corrected chi connectivity index (χ1v) is 16.1. The molecule has 51 heavy (non-hydrogen) atoms. The molecule has 0 bridgehead atoms. The lowest BCUT2D eigenvalue weighted by atomic mass is 9.94. The van der Waals surface area contributed by atoms with Gasteiger partial charge in [0.2, 0.25) is 11.8 Å². The molecule has 23 nitrogen and oxygen atoms in total. The van der Waals surface area contributed by atoms with E-state index in [1.54, 1.807) is 0 Å². The van der Waals surface area contributed by atoms with Crippen molar-refractivity contribution >= 4 is 11.8 Å². The van der Waals surface area contributed by atoms with E-state index in [1.807, 2.05) is 0 Å². The highest BCUT2D eigenvalue weighted by molar-refractivity contribution is 5.73. The van der Waals surface area contributed by atoms with Crippen LogP contribution in [0.3, 0.4) is 0 Å². The van der Waals surface area contributed by atoms with Crippen LogP contribution in [-0.4, -0.2) is 222 Å². The first kappa shape index (κ1) is 41.9. The number of aliphatic hydroxyl groups excluding tert-OH is 12. The molecule has 2 amide bonds. The summed E-state index contributed by atoms with van der Waals surface area (Å²) in [5, 5.41) is 130. The lowest BCUT2D eigenvalue weighted by Crippen LogP contribution is -2.70. The predicted molar refractivity (Wildman–Crippen MR) is 157 cm³/mol. The van der Waals surface area contributed by atoms with Gasteiger partial charge in [0.15, 0.2) is 25.2 Å². The van der Waals surface area contributed by atoms with Crippen molar-refractivity contribution in [2.24, 2.45) is 0 Å². The van der Waals surface area contributed by atoms with Crippen LogP contribution < -0.4 is 10.6 Å². The van der Waals surface area contributed by atoms with Crippen molar-refractivity contribution in [1.29, 1.82) is 0 Å². The van der Waals surface area contributed by atoms with Crippen molar-refractivity contribution < 1.29 is 104 Å². The van der Waals surface area contributed by atoms with Crippen molar-refractivity contribution in [3.63, 3.8) is 0 Å². The maximum Gasteiger partial charge on any atom is 0.217 e. The van der Waals surface area contributed by atoms with Crippen molar-refractivity contribution in [2.45, 2.75) is 137 Å². The maximum atomic E-state index is 12.2. The largest absolute Gasteiger partial charge is 0.394 e. The van der Waals surface area contributed by atoms with E-state index in [-0.39, 0.29) is 0 Å². The average molecular weight is 749 g/mol. The van der Waals surface area contributed by atoms with E-state index in [2.05, 4.69) is 10.6 Å². The number of amides is 2. The number of hydrogen-bond donors (Lipinski definition) is 14. The van der Waals surface area contributed by atoms with Gasteiger partial charge in [-0.05, 0) is 0 Å². The molecule has 0 saturated carbocycles. The third-order valence-corrected chi connectivity index (χ3v) is 9.01. The second-order valence-electron chi connectivity index (χ2n) is 12.6. The highest BCUT2D eigenvalue weighted by Gasteiger charge is 2.55. The zero-order valence-corrected chi connectivity index (χ0v) is 27.4. The first-order valence-electron chi connectivity index (χ1n) is 16.1. The summed E-state index contributed by atoms with van der Waals surface area (Å²) in [6.07, 6.45) is -31.4. The van der Waals surface area contributed by atoms with Crippen LogP contribution in [0.15, 0.2) is 0 Å².